The second-order valence-corrected chi connectivity index (χ2v) is 6.31. The van der Waals surface area contributed by atoms with Crippen molar-refractivity contribution in [2.45, 2.75) is 13.5 Å². The highest BCUT2D eigenvalue weighted by Crippen LogP contribution is 2.12. The molecule has 3 rings (SSSR count). The van der Waals surface area contributed by atoms with E-state index in [9.17, 15) is 4.79 Å². The zero-order valence-corrected chi connectivity index (χ0v) is 14.0. The maximum absolute atomic E-state index is 12.6. The van der Waals surface area contributed by atoms with Crippen LogP contribution in [0.2, 0.25) is 0 Å². The SMILES string of the molecule is CCN1CCN(C(=O)c2ccc(CN3CCOCC3)cc2)CC1. The molecule has 0 atom stereocenters. The summed E-state index contributed by atoms with van der Waals surface area (Å²) in [6, 6.07) is 8.13. The summed E-state index contributed by atoms with van der Waals surface area (Å²) in [7, 11) is 0. The van der Waals surface area contributed by atoms with Crippen molar-refractivity contribution in [3.63, 3.8) is 0 Å². The van der Waals surface area contributed by atoms with Crippen molar-refractivity contribution < 1.29 is 9.53 Å². The number of carbonyl (C=O) groups excluding carboxylic acids is 1. The monoisotopic (exact) mass is 317 g/mol. The van der Waals surface area contributed by atoms with Gasteiger partial charge in [0.25, 0.3) is 5.91 Å². The molecule has 1 amide bonds. The van der Waals surface area contributed by atoms with Crippen LogP contribution in [0.5, 0.6) is 0 Å². The highest BCUT2D eigenvalue weighted by Gasteiger charge is 2.21. The second-order valence-electron chi connectivity index (χ2n) is 6.31. The van der Waals surface area contributed by atoms with Crippen LogP contribution in [0.15, 0.2) is 24.3 Å². The van der Waals surface area contributed by atoms with Crippen LogP contribution in [0, 0.1) is 0 Å². The molecule has 0 bridgehead atoms. The third-order valence-electron chi connectivity index (χ3n) is 4.82. The summed E-state index contributed by atoms with van der Waals surface area (Å²) in [6.45, 7) is 11.4. The molecule has 2 saturated heterocycles. The molecular formula is C18H27N3O2. The van der Waals surface area contributed by atoms with Crippen molar-refractivity contribution in [2.24, 2.45) is 0 Å². The van der Waals surface area contributed by atoms with E-state index in [1.54, 1.807) is 0 Å². The maximum atomic E-state index is 12.6. The molecule has 0 spiro atoms. The lowest BCUT2D eigenvalue weighted by Gasteiger charge is -2.34. The highest BCUT2D eigenvalue weighted by atomic mass is 16.5. The minimum absolute atomic E-state index is 0.165. The smallest absolute Gasteiger partial charge is 0.253 e. The maximum Gasteiger partial charge on any atom is 0.253 e. The van der Waals surface area contributed by atoms with Gasteiger partial charge in [-0.05, 0) is 24.2 Å². The number of hydrogen-bond acceptors (Lipinski definition) is 4. The predicted molar refractivity (Wildman–Crippen MR) is 90.6 cm³/mol. The standard InChI is InChI=1S/C18H27N3O2/c1-2-19-7-9-21(10-8-19)18(22)17-5-3-16(4-6-17)15-20-11-13-23-14-12-20/h3-6H,2,7-15H2,1H3. The van der Waals surface area contributed by atoms with Crippen molar-refractivity contribution in [1.82, 2.24) is 14.7 Å². The second kappa shape index (κ2) is 7.90. The van der Waals surface area contributed by atoms with E-state index in [1.165, 1.54) is 5.56 Å². The number of amides is 1. The first-order chi connectivity index (χ1) is 11.3. The van der Waals surface area contributed by atoms with Crippen molar-refractivity contribution in [2.75, 3.05) is 59.0 Å². The van der Waals surface area contributed by atoms with E-state index in [0.29, 0.717) is 0 Å². The summed E-state index contributed by atoms with van der Waals surface area (Å²) < 4.78 is 5.38. The van der Waals surface area contributed by atoms with Crippen LogP contribution in [0.1, 0.15) is 22.8 Å². The largest absolute Gasteiger partial charge is 0.379 e. The molecule has 2 heterocycles. The van der Waals surface area contributed by atoms with Crippen LogP contribution >= 0.6 is 0 Å². The average Bonchev–Trinajstić information content (AvgIpc) is 2.63. The Balaban J connectivity index is 1.55. The topological polar surface area (TPSA) is 36.0 Å². The van der Waals surface area contributed by atoms with Crippen LogP contribution < -0.4 is 0 Å². The van der Waals surface area contributed by atoms with E-state index in [0.717, 1.165) is 71.1 Å². The molecule has 0 unspecified atom stereocenters. The lowest BCUT2D eigenvalue weighted by molar-refractivity contribution is 0.0342. The molecular weight excluding hydrogens is 290 g/mol. The fourth-order valence-corrected chi connectivity index (χ4v) is 3.22. The minimum atomic E-state index is 0.165. The summed E-state index contributed by atoms with van der Waals surface area (Å²) in [4.78, 5) is 19.3. The fraction of sp³-hybridized carbons (Fsp3) is 0.611. The highest BCUT2D eigenvalue weighted by molar-refractivity contribution is 5.94. The van der Waals surface area contributed by atoms with Crippen molar-refractivity contribution in [3.05, 3.63) is 35.4 Å². The first-order valence-corrected chi connectivity index (χ1v) is 8.67. The van der Waals surface area contributed by atoms with Gasteiger partial charge in [-0.3, -0.25) is 9.69 Å². The van der Waals surface area contributed by atoms with E-state index in [1.807, 2.05) is 17.0 Å². The Bertz CT molecular complexity index is 504. The Morgan fingerprint density at radius 3 is 2.22 bits per heavy atom. The Morgan fingerprint density at radius 1 is 0.957 bits per heavy atom. The number of ether oxygens (including phenoxy) is 1. The molecule has 0 saturated carbocycles. The number of carbonyl (C=O) groups is 1. The van der Waals surface area contributed by atoms with Crippen molar-refractivity contribution in [1.29, 1.82) is 0 Å². The molecule has 2 aliphatic rings. The van der Waals surface area contributed by atoms with Gasteiger partial charge in [-0.25, -0.2) is 0 Å². The van der Waals surface area contributed by atoms with Gasteiger partial charge in [0.1, 0.15) is 0 Å². The molecule has 23 heavy (non-hydrogen) atoms. The van der Waals surface area contributed by atoms with Gasteiger partial charge in [0.2, 0.25) is 0 Å². The molecule has 2 fully saturated rings. The number of rotatable bonds is 4. The number of piperazine rings is 1. The molecule has 5 nitrogen and oxygen atoms in total. The Hall–Kier alpha value is -1.43. The number of benzene rings is 1. The zero-order chi connectivity index (χ0) is 16.1. The summed E-state index contributed by atoms with van der Waals surface area (Å²) in [5, 5.41) is 0. The van der Waals surface area contributed by atoms with Crippen molar-refractivity contribution >= 4 is 5.91 Å². The van der Waals surface area contributed by atoms with Gasteiger partial charge < -0.3 is 14.5 Å². The van der Waals surface area contributed by atoms with Gasteiger partial charge in [0, 0.05) is 51.4 Å². The fourth-order valence-electron chi connectivity index (χ4n) is 3.22. The van der Waals surface area contributed by atoms with E-state index < -0.39 is 0 Å². The minimum Gasteiger partial charge on any atom is -0.379 e. The molecule has 5 heteroatoms. The van der Waals surface area contributed by atoms with Gasteiger partial charge in [-0.2, -0.15) is 0 Å². The molecule has 2 aliphatic heterocycles. The molecule has 0 aromatic heterocycles. The van der Waals surface area contributed by atoms with Crippen molar-refractivity contribution in [3.8, 4) is 0 Å². The van der Waals surface area contributed by atoms with Crippen LogP contribution in [0.4, 0.5) is 0 Å². The molecule has 126 valence electrons. The number of morpholine rings is 1. The summed E-state index contributed by atoms with van der Waals surface area (Å²) >= 11 is 0. The van der Waals surface area contributed by atoms with Gasteiger partial charge in [0.05, 0.1) is 13.2 Å². The molecule has 0 aliphatic carbocycles. The van der Waals surface area contributed by atoms with Gasteiger partial charge >= 0.3 is 0 Å². The van der Waals surface area contributed by atoms with Crippen LogP contribution in [-0.4, -0.2) is 79.6 Å². The van der Waals surface area contributed by atoms with E-state index in [2.05, 4.69) is 28.9 Å². The summed E-state index contributed by atoms with van der Waals surface area (Å²) in [5.74, 6) is 0.165. The van der Waals surface area contributed by atoms with E-state index >= 15 is 0 Å². The summed E-state index contributed by atoms with van der Waals surface area (Å²) in [6.07, 6.45) is 0. The number of hydrogen-bond donors (Lipinski definition) is 0. The Morgan fingerprint density at radius 2 is 1.61 bits per heavy atom. The number of likely N-dealkylation sites (N-methyl/N-ethyl adjacent to an activating group) is 1. The van der Waals surface area contributed by atoms with E-state index in [4.69, 9.17) is 4.74 Å². The van der Waals surface area contributed by atoms with Gasteiger partial charge in [-0.1, -0.05) is 19.1 Å². The molecule has 0 radical (unpaired) electrons. The summed E-state index contributed by atoms with van der Waals surface area (Å²) in [5.41, 5.74) is 2.07. The zero-order valence-electron chi connectivity index (χ0n) is 14.0. The third kappa shape index (κ3) is 4.31. The first kappa shape index (κ1) is 16.4. The van der Waals surface area contributed by atoms with Gasteiger partial charge in [0.15, 0.2) is 0 Å². The lowest BCUT2D eigenvalue weighted by atomic mass is 10.1. The average molecular weight is 317 g/mol. The van der Waals surface area contributed by atoms with Crippen LogP contribution in [-0.2, 0) is 11.3 Å². The Kier molecular flexibility index (Phi) is 5.65. The van der Waals surface area contributed by atoms with Crippen LogP contribution in [0.3, 0.4) is 0 Å². The number of nitrogens with zero attached hydrogens (tertiary/aromatic N) is 3. The first-order valence-electron chi connectivity index (χ1n) is 8.67. The molecule has 0 N–H and O–H groups in total. The van der Waals surface area contributed by atoms with Crippen LogP contribution in [0.25, 0.3) is 0 Å². The molecule has 1 aromatic rings. The normalized spacial score (nSPS) is 20.7. The Labute approximate surface area is 138 Å². The predicted octanol–water partition coefficient (Wildman–Crippen LogP) is 1.30. The quantitative estimate of drug-likeness (QED) is 0.839. The molecule has 1 aromatic carbocycles. The van der Waals surface area contributed by atoms with E-state index in [-0.39, 0.29) is 5.91 Å². The third-order valence-corrected chi connectivity index (χ3v) is 4.82. The lowest BCUT2D eigenvalue weighted by Crippen LogP contribution is -2.48. The van der Waals surface area contributed by atoms with Gasteiger partial charge in [-0.15, -0.1) is 0 Å².